The summed E-state index contributed by atoms with van der Waals surface area (Å²) in [6, 6.07) is 6.57. The van der Waals surface area contributed by atoms with E-state index >= 15 is 0 Å². The third kappa shape index (κ3) is 1.71. The first kappa shape index (κ1) is 10.5. The molecular formula is C11H12N2O3. The Morgan fingerprint density at radius 1 is 1.44 bits per heavy atom. The van der Waals surface area contributed by atoms with E-state index in [0.717, 1.165) is 5.69 Å². The fourth-order valence-corrected chi connectivity index (χ4v) is 1.75. The van der Waals surface area contributed by atoms with Crippen molar-refractivity contribution in [1.82, 2.24) is 5.01 Å². The van der Waals surface area contributed by atoms with E-state index in [1.807, 2.05) is 0 Å². The summed E-state index contributed by atoms with van der Waals surface area (Å²) >= 11 is 0. The topological polar surface area (TPSA) is 60.9 Å². The summed E-state index contributed by atoms with van der Waals surface area (Å²) in [6.45, 7) is 0.596. The molecular weight excluding hydrogens is 208 g/mol. The van der Waals surface area contributed by atoms with Crippen LogP contribution in [-0.2, 0) is 4.79 Å². The highest BCUT2D eigenvalue weighted by molar-refractivity contribution is 5.89. The normalized spacial score (nSPS) is 15.7. The number of nitrogens with zero attached hydrogens (tertiary/aromatic N) is 2. The van der Waals surface area contributed by atoms with Crippen LogP contribution in [0.3, 0.4) is 0 Å². The van der Waals surface area contributed by atoms with Crippen molar-refractivity contribution < 1.29 is 14.7 Å². The van der Waals surface area contributed by atoms with Gasteiger partial charge in [0.15, 0.2) is 0 Å². The Kier molecular flexibility index (Phi) is 2.52. The standard InChI is InChI=1S/C11H12N2O3/c1-12-10(14)5-6-13(12)9-4-2-3-8(7-9)11(15)16/h2-4,7H,5-6H2,1H3,(H,15,16). The number of carbonyl (C=O) groups is 2. The van der Waals surface area contributed by atoms with Gasteiger partial charge in [0.05, 0.1) is 11.3 Å². The molecule has 16 heavy (non-hydrogen) atoms. The first-order chi connectivity index (χ1) is 7.59. The molecule has 1 aromatic rings. The summed E-state index contributed by atoms with van der Waals surface area (Å²) in [5.74, 6) is -0.921. The number of hydrogen-bond donors (Lipinski definition) is 1. The average Bonchev–Trinajstić information content (AvgIpc) is 2.60. The third-order valence-electron chi connectivity index (χ3n) is 2.65. The van der Waals surface area contributed by atoms with Crippen molar-refractivity contribution in [3.8, 4) is 0 Å². The average molecular weight is 220 g/mol. The highest BCUT2D eigenvalue weighted by Crippen LogP contribution is 2.22. The molecule has 2 rings (SSSR count). The molecule has 0 bridgehead atoms. The zero-order chi connectivity index (χ0) is 11.7. The third-order valence-corrected chi connectivity index (χ3v) is 2.65. The highest BCUT2D eigenvalue weighted by atomic mass is 16.4. The lowest BCUT2D eigenvalue weighted by Crippen LogP contribution is -2.35. The van der Waals surface area contributed by atoms with Gasteiger partial charge in [0.1, 0.15) is 0 Å². The van der Waals surface area contributed by atoms with Gasteiger partial charge in [0, 0.05) is 20.0 Å². The van der Waals surface area contributed by atoms with E-state index in [1.54, 1.807) is 30.3 Å². The van der Waals surface area contributed by atoms with Gasteiger partial charge in [-0.3, -0.25) is 14.8 Å². The first-order valence-electron chi connectivity index (χ1n) is 4.97. The van der Waals surface area contributed by atoms with Crippen molar-refractivity contribution in [1.29, 1.82) is 0 Å². The molecule has 1 aromatic carbocycles. The van der Waals surface area contributed by atoms with Gasteiger partial charge in [-0.2, -0.15) is 0 Å². The van der Waals surface area contributed by atoms with E-state index in [-0.39, 0.29) is 11.5 Å². The fraction of sp³-hybridized carbons (Fsp3) is 0.273. The van der Waals surface area contributed by atoms with E-state index in [9.17, 15) is 9.59 Å². The van der Waals surface area contributed by atoms with E-state index in [0.29, 0.717) is 13.0 Å². The smallest absolute Gasteiger partial charge is 0.335 e. The van der Waals surface area contributed by atoms with Gasteiger partial charge in [-0.05, 0) is 18.2 Å². The van der Waals surface area contributed by atoms with Crippen molar-refractivity contribution in [3.05, 3.63) is 29.8 Å². The summed E-state index contributed by atoms with van der Waals surface area (Å²) < 4.78 is 0. The second-order valence-corrected chi connectivity index (χ2v) is 3.65. The molecule has 0 spiro atoms. The molecule has 1 aliphatic rings. The number of rotatable bonds is 2. The Balaban J connectivity index is 2.31. The number of carboxylic acid groups (broad SMARTS) is 1. The van der Waals surface area contributed by atoms with Gasteiger partial charge in [0.25, 0.3) is 0 Å². The van der Waals surface area contributed by atoms with Crippen LogP contribution in [0.25, 0.3) is 0 Å². The molecule has 1 heterocycles. The van der Waals surface area contributed by atoms with Crippen molar-refractivity contribution in [2.24, 2.45) is 0 Å². The summed E-state index contributed by atoms with van der Waals surface area (Å²) in [7, 11) is 1.68. The largest absolute Gasteiger partial charge is 0.478 e. The maximum Gasteiger partial charge on any atom is 0.335 e. The Morgan fingerprint density at radius 3 is 2.75 bits per heavy atom. The monoisotopic (exact) mass is 220 g/mol. The quantitative estimate of drug-likeness (QED) is 0.806. The second kappa shape index (κ2) is 3.84. The maximum atomic E-state index is 11.3. The van der Waals surface area contributed by atoms with Gasteiger partial charge >= 0.3 is 5.97 Å². The molecule has 0 unspecified atom stereocenters. The number of carboxylic acids is 1. The van der Waals surface area contributed by atoms with Crippen LogP contribution in [0.2, 0.25) is 0 Å². The van der Waals surface area contributed by atoms with Crippen LogP contribution in [0.1, 0.15) is 16.8 Å². The van der Waals surface area contributed by atoms with Crippen LogP contribution in [0.15, 0.2) is 24.3 Å². The van der Waals surface area contributed by atoms with Gasteiger partial charge in [-0.15, -0.1) is 0 Å². The number of hydrazine groups is 1. The molecule has 1 aliphatic heterocycles. The van der Waals surface area contributed by atoms with Crippen LogP contribution < -0.4 is 5.01 Å². The number of amides is 1. The number of carbonyl (C=O) groups excluding carboxylic acids is 1. The minimum Gasteiger partial charge on any atom is -0.478 e. The van der Waals surface area contributed by atoms with Crippen molar-refractivity contribution in [2.75, 3.05) is 18.6 Å². The lowest BCUT2D eigenvalue weighted by molar-refractivity contribution is -0.126. The summed E-state index contributed by atoms with van der Waals surface area (Å²) in [4.78, 5) is 22.2. The van der Waals surface area contributed by atoms with Crippen molar-refractivity contribution in [3.63, 3.8) is 0 Å². The Hall–Kier alpha value is -2.04. The number of anilines is 1. The molecule has 0 saturated carbocycles. The SMILES string of the molecule is CN1C(=O)CCN1c1cccc(C(=O)O)c1. The van der Waals surface area contributed by atoms with E-state index in [1.165, 1.54) is 11.1 Å². The fourth-order valence-electron chi connectivity index (χ4n) is 1.75. The number of aromatic carboxylic acids is 1. The summed E-state index contributed by atoms with van der Waals surface area (Å²) in [5.41, 5.74) is 0.957. The van der Waals surface area contributed by atoms with Crippen LogP contribution in [0, 0.1) is 0 Å². The predicted octanol–water partition coefficient (Wildman–Crippen LogP) is 0.968. The molecule has 0 aromatic heterocycles. The van der Waals surface area contributed by atoms with Gasteiger partial charge in [-0.1, -0.05) is 6.07 Å². The minimum atomic E-state index is -0.963. The molecule has 0 aliphatic carbocycles. The van der Waals surface area contributed by atoms with Gasteiger partial charge in [-0.25, -0.2) is 4.79 Å². The van der Waals surface area contributed by atoms with Crippen molar-refractivity contribution >= 4 is 17.6 Å². The Morgan fingerprint density at radius 2 is 2.19 bits per heavy atom. The summed E-state index contributed by atoms with van der Waals surface area (Å²) in [6.07, 6.45) is 0.466. The van der Waals surface area contributed by atoms with Crippen LogP contribution in [0.4, 0.5) is 5.69 Å². The number of benzene rings is 1. The van der Waals surface area contributed by atoms with E-state index in [2.05, 4.69) is 0 Å². The maximum absolute atomic E-state index is 11.3. The zero-order valence-electron chi connectivity index (χ0n) is 8.88. The molecule has 1 saturated heterocycles. The predicted molar refractivity (Wildman–Crippen MR) is 58.1 cm³/mol. The van der Waals surface area contributed by atoms with Crippen LogP contribution in [-0.4, -0.2) is 35.6 Å². The lowest BCUT2D eigenvalue weighted by Gasteiger charge is -2.26. The Bertz CT molecular complexity index is 445. The summed E-state index contributed by atoms with van der Waals surface area (Å²) in [5, 5.41) is 12.2. The molecule has 1 fully saturated rings. The van der Waals surface area contributed by atoms with Gasteiger partial charge in [0.2, 0.25) is 5.91 Å². The van der Waals surface area contributed by atoms with Crippen molar-refractivity contribution in [2.45, 2.75) is 6.42 Å². The van der Waals surface area contributed by atoms with Crippen LogP contribution in [0.5, 0.6) is 0 Å². The minimum absolute atomic E-state index is 0.0423. The van der Waals surface area contributed by atoms with Crippen LogP contribution >= 0.6 is 0 Å². The zero-order valence-corrected chi connectivity index (χ0v) is 8.88. The highest BCUT2D eigenvalue weighted by Gasteiger charge is 2.25. The Labute approximate surface area is 92.9 Å². The van der Waals surface area contributed by atoms with Gasteiger partial charge < -0.3 is 5.11 Å². The molecule has 0 atom stereocenters. The molecule has 84 valence electrons. The van der Waals surface area contributed by atoms with E-state index < -0.39 is 5.97 Å². The molecule has 5 heteroatoms. The molecule has 5 nitrogen and oxygen atoms in total. The molecule has 1 N–H and O–H groups in total. The molecule has 0 radical (unpaired) electrons. The number of hydrogen-bond acceptors (Lipinski definition) is 3. The lowest BCUT2D eigenvalue weighted by atomic mass is 10.2. The van der Waals surface area contributed by atoms with E-state index in [4.69, 9.17) is 5.11 Å². The second-order valence-electron chi connectivity index (χ2n) is 3.65. The first-order valence-corrected chi connectivity index (χ1v) is 4.97. The molecule has 1 amide bonds.